The Morgan fingerprint density at radius 2 is 2.08 bits per heavy atom. The minimum absolute atomic E-state index is 0.216. The molecule has 1 aliphatic carbocycles. The predicted molar refractivity (Wildman–Crippen MR) is 93.4 cm³/mol. The van der Waals surface area contributed by atoms with Gasteiger partial charge in [-0.3, -0.25) is 4.90 Å². The number of aliphatic hydroxyl groups excluding tert-OH is 1. The van der Waals surface area contributed by atoms with Crippen LogP contribution in [0.4, 0.5) is 0 Å². The van der Waals surface area contributed by atoms with Crippen molar-refractivity contribution in [1.82, 2.24) is 4.90 Å². The normalized spacial score (nSPS) is 16.8. The summed E-state index contributed by atoms with van der Waals surface area (Å²) in [5, 5.41) is 10.3. The Labute approximate surface area is 144 Å². The van der Waals surface area contributed by atoms with Gasteiger partial charge in [-0.1, -0.05) is 32.3 Å². The first kappa shape index (κ1) is 18.7. The topological polar surface area (TPSA) is 59.0 Å². The van der Waals surface area contributed by atoms with E-state index in [2.05, 4.69) is 11.8 Å². The molecule has 1 aromatic carbocycles. The van der Waals surface area contributed by atoms with E-state index in [1.165, 1.54) is 39.2 Å². The van der Waals surface area contributed by atoms with E-state index in [-0.39, 0.29) is 6.61 Å². The third-order valence-corrected chi connectivity index (χ3v) is 4.64. The highest BCUT2D eigenvalue weighted by molar-refractivity contribution is 5.89. The Morgan fingerprint density at radius 1 is 1.33 bits per heavy atom. The number of esters is 1. The predicted octanol–water partition coefficient (Wildman–Crippen LogP) is 2.87. The Balaban J connectivity index is 1.83. The summed E-state index contributed by atoms with van der Waals surface area (Å²) in [7, 11) is 1.35. The minimum Gasteiger partial charge on any atom is -0.491 e. The maximum atomic E-state index is 11.5. The number of nitrogens with zero attached hydrogens (tertiary/aromatic N) is 1. The second kappa shape index (κ2) is 9.64. The van der Waals surface area contributed by atoms with E-state index in [4.69, 9.17) is 9.47 Å². The van der Waals surface area contributed by atoms with Crippen LogP contribution in [0.1, 0.15) is 49.4 Å². The molecular weight excluding hydrogens is 306 g/mol. The van der Waals surface area contributed by atoms with Gasteiger partial charge < -0.3 is 14.6 Å². The van der Waals surface area contributed by atoms with Crippen LogP contribution >= 0.6 is 0 Å². The van der Waals surface area contributed by atoms with Crippen molar-refractivity contribution in [2.24, 2.45) is 0 Å². The Morgan fingerprint density at radius 3 is 2.75 bits per heavy atom. The van der Waals surface area contributed by atoms with Gasteiger partial charge in [0.1, 0.15) is 18.5 Å². The van der Waals surface area contributed by atoms with Crippen LogP contribution in [-0.2, 0) is 4.74 Å². The summed E-state index contributed by atoms with van der Waals surface area (Å²) in [5.74, 6) is 0.174. The van der Waals surface area contributed by atoms with Crippen molar-refractivity contribution in [3.05, 3.63) is 29.8 Å². The summed E-state index contributed by atoms with van der Waals surface area (Å²) < 4.78 is 10.4. The molecule has 1 saturated carbocycles. The molecule has 1 aromatic rings. The molecule has 0 aromatic heterocycles. The average molecular weight is 335 g/mol. The lowest BCUT2D eigenvalue weighted by Gasteiger charge is -2.34. The van der Waals surface area contributed by atoms with Crippen LogP contribution in [0.15, 0.2) is 24.3 Å². The van der Waals surface area contributed by atoms with Crippen molar-refractivity contribution in [2.45, 2.75) is 51.2 Å². The summed E-state index contributed by atoms with van der Waals surface area (Å²) in [4.78, 5) is 13.9. The van der Waals surface area contributed by atoms with Gasteiger partial charge in [0.15, 0.2) is 0 Å². The number of likely N-dealkylation sites (N-methyl/N-ethyl adjacent to an activating group) is 1. The summed E-state index contributed by atoms with van der Waals surface area (Å²) in [6, 6.07) is 7.42. The van der Waals surface area contributed by atoms with Crippen LogP contribution in [0.2, 0.25) is 0 Å². The van der Waals surface area contributed by atoms with E-state index in [1.807, 2.05) is 0 Å². The van der Waals surface area contributed by atoms with Crippen LogP contribution < -0.4 is 4.74 Å². The molecule has 0 amide bonds. The molecule has 1 N–H and O–H groups in total. The number of carbonyl (C=O) groups excluding carboxylic acids is 1. The molecular formula is C19H29NO4. The van der Waals surface area contributed by atoms with Crippen molar-refractivity contribution < 1.29 is 19.4 Å². The standard InChI is InChI=1S/C19H29NO4/c1-3-20(16-9-5-4-6-10-16)13-17(21)14-24-18-11-7-8-15(12-18)19(22)23-2/h7-8,11-12,16-17,21H,3-6,9-10,13-14H2,1-2H3/t17-/m0/s1. The van der Waals surface area contributed by atoms with Crippen LogP contribution in [0.3, 0.4) is 0 Å². The van der Waals surface area contributed by atoms with Crippen LogP contribution in [0, 0.1) is 0 Å². The van der Waals surface area contributed by atoms with Gasteiger partial charge in [-0.2, -0.15) is 0 Å². The zero-order chi connectivity index (χ0) is 17.4. The molecule has 0 spiro atoms. The molecule has 5 heteroatoms. The summed E-state index contributed by atoms with van der Waals surface area (Å²) in [6.45, 7) is 3.92. The Kier molecular flexibility index (Phi) is 7.53. The zero-order valence-electron chi connectivity index (χ0n) is 14.7. The van der Waals surface area contributed by atoms with Crippen molar-refractivity contribution in [3.8, 4) is 5.75 Å². The lowest BCUT2D eigenvalue weighted by atomic mass is 9.94. The molecule has 0 saturated heterocycles. The molecule has 1 aliphatic rings. The smallest absolute Gasteiger partial charge is 0.337 e. The molecule has 24 heavy (non-hydrogen) atoms. The minimum atomic E-state index is -0.548. The number of aliphatic hydroxyl groups is 1. The van der Waals surface area contributed by atoms with Gasteiger partial charge in [-0.15, -0.1) is 0 Å². The molecule has 1 fully saturated rings. The fourth-order valence-corrected chi connectivity index (χ4v) is 3.33. The number of methoxy groups -OCH3 is 1. The van der Waals surface area contributed by atoms with Crippen LogP contribution in [-0.4, -0.2) is 54.9 Å². The van der Waals surface area contributed by atoms with Crippen LogP contribution in [0.5, 0.6) is 5.75 Å². The van der Waals surface area contributed by atoms with Gasteiger partial charge >= 0.3 is 5.97 Å². The van der Waals surface area contributed by atoms with Gasteiger partial charge in [0, 0.05) is 12.6 Å². The zero-order valence-corrected chi connectivity index (χ0v) is 14.7. The monoisotopic (exact) mass is 335 g/mol. The first-order chi connectivity index (χ1) is 11.6. The molecule has 0 bridgehead atoms. The fourth-order valence-electron chi connectivity index (χ4n) is 3.33. The van der Waals surface area contributed by atoms with E-state index >= 15 is 0 Å². The van der Waals surface area contributed by atoms with Gasteiger partial charge in [0.25, 0.3) is 0 Å². The van der Waals surface area contributed by atoms with E-state index in [0.717, 1.165) is 6.54 Å². The van der Waals surface area contributed by atoms with Gasteiger partial charge in [-0.05, 0) is 37.6 Å². The summed E-state index contributed by atoms with van der Waals surface area (Å²) in [5.41, 5.74) is 0.446. The maximum absolute atomic E-state index is 11.5. The third-order valence-electron chi connectivity index (χ3n) is 4.64. The van der Waals surface area contributed by atoms with Crippen LogP contribution in [0.25, 0.3) is 0 Å². The number of ether oxygens (including phenoxy) is 2. The SMILES string of the molecule is CCN(C[C@H](O)COc1cccc(C(=O)OC)c1)C1CCCCC1. The lowest BCUT2D eigenvalue weighted by molar-refractivity contribution is 0.0462. The van der Waals surface area contributed by atoms with E-state index in [9.17, 15) is 9.90 Å². The summed E-state index contributed by atoms with van der Waals surface area (Å²) in [6.07, 6.45) is 5.80. The number of benzene rings is 1. The molecule has 0 aliphatic heterocycles. The van der Waals surface area contributed by atoms with Crippen molar-refractivity contribution in [2.75, 3.05) is 26.8 Å². The van der Waals surface area contributed by atoms with E-state index in [1.54, 1.807) is 24.3 Å². The molecule has 2 rings (SSSR count). The Bertz CT molecular complexity index is 514. The molecule has 0 heterocycles. The highest BCUT2D eigenvalue weighted by Crippen LogP contribution is 2.22. The Hall–Kier alpha value is -1.59. The highest BCUT2D eigenvalue weighted by atomic mass is 16.5. The second-order valence-electron chi connectivity index (χ2n) is 6.36. The van der Waals surface area contributed by atoms with Crippen molar-refractivity contribution >= 4 is 5.97 Å². The third kappa shape index (κ3) is 5.49. The average Bonchev–Trinajstić information content (AvgIpc) is 2.64. The summed E-state index contributed by atoms with van der Waals surface area (Å²) >= 11 is 0. The first-order valence-corrected chi connectivity index (χ1v) is 8.87. The molecule has 0 unspecified atom stereocenters. The van der Waals surface area contributed by atoms with Crippen molar-refractivity contribution in [1.29, 1.82) is 0 Å². The number of hydrogen-bond acceptors (Lipinski definition) is 5. The molecule has 134 valence electrons. The van der Waals surface area contributed by atoms with Crippen molar-refractivity contribution in [3.63, 3.8) is 0 Å². The number of rotatable bonds is 8. The molecule has 1 atom stereocenters. The molecule has 0 radical (unpaired) electrons. The van der Waals surface area contributed by atoms with Gasteiger partial charge in [0.05, 0.1) is 12.7 Å². The maximum Gasteiger partial charge on any atom is 0.337 e. The van der Waals surface area contributed by atoms with E-state index < -0.39 is 12.1 Å². The first-order valence-electron chi connectivity index (χ1n) is 8.87. The largest absolute Gasteiger partial charge is 0.491 e. The molecule has 5 nitrogen and oxygen atoms in total. The highest BCUT2D eigenvalue weighted by Gasteiger charge is 2.22. The number of hydrogen-bond donors (Lipinski definition) is 1. The van der Waals surface area contributed by atoms with E-state index in [0.29, 0.717) is 23.9 Å². The lowest BCUT2D eigenvalue weighted by Crippen LogP contribution is -2.43. The fraction of sp³-hybridized carbons (Fsp3) is 0.632. The number of carbonyl (C=O) groups is 1. The van der Waals surface area contributed by atoms with Gasteiger partial charge in [-0.25, -0.2) is 4.79 Å². The van der Waals surface area contributed by atoms with Gasteiger partial charge in [0.2, 0.25) is 0 Å². The second-order valence-corrected chi connectivity index (χ2v) is 6.36. The quantitative estimate of drug-likeness (QED) is 0.740.